The zero-order valence-electron chi connectivity index (χ0n) is 5.60. The molecule has 1 nitrogen and oxygen atoms in total. The Morgan fingerprint density at radius 1 is 1.33 bits per heavy atom. The molecular formula is C7H14ClN. The van der Waals surface area contributed by atoms with Crippen LogP contribution in [0.25, 0.3) is 0 Å². The molecule has 0 aliphatic heterocycles. The van der Waals surface area contributed by atoms with E-state index in [4.69, 9.17) is 5.73 Å². The lowest BCUT2D eigenvalue weighted by molar-refractivity contribution is 0.176. The van der Waals surface area contributed by atoms with Crippen molar-refractivity contribution in [3.05, 3.63) is 0 Å². The highest BCUT2D eigenvalue weighted by Gasteiger charge is 2.51. The third-order valence-electron chi connectivity index (χ3n) is 2.73. The lowest BCUT2D eigenvalue weighted by Gasteiger charge is -2.34. The smallest absolute Gasteiger partial charge is 0.00485 e. The van der Waals surface area contributed by atoms with Crippen molar-refractivity contribution >= 4 is 12.4 Å². The quantitative estimate of drug-likeness (QED) is 0.599. The van der Waals surface area contributed by atoms with Gasteiger partial charge in [-0.15, -0.1) is 12.4 Å². The summed E-state index contributed by atoms with van der Waals surface area (Å²) in [6, 6.07) is 0. The molecule has 2 aliphatic carbocycles. The van der Waals surface area contributed by atoms with Crippen molar-refractivity contribution in [2.75, 3.05) is 6.54 Å². The largest absolute Gasteiger partial charge is 0.330 e. The second-order valence-electron chi connectivity index (χ2n) is 3.51. The minimum absolute atomic E-state index is 0. The summed E-state index contributed by atoms with van der Waals surface area (Å²) < 4.78 is 0. The summed E-state index contributed by atoms with van der Waals surface area (Å²) in [5.74, 6) is 0.900. The summed E-state index contributed by atoms with van der Waals surface area (Å²) >= 11 is 0. The highest BCUT2D eigenvalue weighted by Crippen LogP contribution is 2.62. The predicted molar refractivity (Wildman–Crippen MR) is 40.7 cm³/mol. The maximum Gasteiger partial charge on any atom is -0.00485 e. The normalized spacial score (nSPS) is 29.0. The summed E-state index contributed by atoms with van der Waals surface area (Å²) in [4.78, 5) is 0. The molecule has 2 aliphatic rings. The lowest BCUT2D eigenvalue weighted by atomic mass is 9.72. The second-order valence-corrected chi connectivity index (χ2v) is 3.51. The fourth-order valence-electron chi connectivity index (χ4n) is 1.92. The van der Waals surface area contributed by atoms with Crippen LogP contribution in [0, 0.1) is 11.3 Å². The van der Waals surface area contributed by atoms with Gasteiger partial charge in [0.25, 0.3) is 0 Å². The van der Waals surface area contributed by atoms with E-state index in [0.717, 1.165) is 17.9 Å². The highest BCUT2D eigenvalue weighted by molar-refractivity contribution is 5.85. The van der Waals surface area contributed by atoms with Gasteiger partial charge in [0, 0.05) is 0 Å². The molecule has 2 N–H and O–H groups in total. The van der Waals surface area contributed by atoms with E-state index in [0.29, 0.717) is 0 Å². The maximum atomic E-state index is 5.48. The summed E-state index contributed by atoms with van der Waals surface area (Å²) in [6.07, 6.45) is 5.90. The summed E-state index contributed by atoms with van der Waals surface area (Å²) in [7, 11) is 0. The highest BCUT2D eigenvalue weighted by atomic mass is 35.5. The molecule has 0 bridgehead atoms. The maximum absolute atomic E-state index is 5.48. The molecule has 0 amide bonds. The molecule has 0 radical (unpaired) electrons. The van der Waals surface area contributed by atoms with E-state index in [-0.39, 0.29) is 12.4 Å². The zero-order valence-corrected chi connectivity index (χ0v) is 6.41. The van der Waals surface area contributed by atoms with E-state index < -0.39 is 0 Å². The summed E-state index contributed by atoms with van der Waals surface area (Å²) in [6.45, 7) is 0.932. The van der Waals surface area contributed by atoms with Crippen LogP contribution in [-0.4, -0.2) is 6.54 Å². The van der Waals surface area contributed by atoms with Crippen LogP contribution in [0.5, 0.6) is 0 Å². The monoisotopic (exact) mass is 147 g/mol. The van der Waals surface area contributed by atoms with Crippen LogP contribution in [0.2, 0.25) is 0 Å². The van der Waals surface area contributed by atoms with Gasteiger partial charge < -0.3 is 5.73 Å². The second kappa shape index (κ2) is 2.14. The van der Waals surface area contributed by atoms with E-state index in [1.807, 2.05) is 0 Å². The van der Waals surface area contributed by atoms with Gasteiger partial charge in [-0.3, -0.25) is 0 Å². The first-order valence-corrected chi connectivity index (χ1v) is 3.55. The number of nitrogens with two attached hydrogens (primary N) is 1. The van der Waals surface area contributed by atoms with E-state index >= 15 is 0 Å². The van der Waals surface area contributed by atoms with E-state index in [1.165, 1.54) is 25.7 Å². The molecule has 1 spiro atoms. The Morgan fingerprint density at radius 3 is 2.22 bits per heavy atom. The third-order valence-corrected chi connectivity index (χ3v) is 2.73. The minimum atomic E-state index is 0. The molecule has 2 rings (SSSR count). The Balaban J connectivity index is 0.000000405. The van der Waals surface area contributed by atoms with Crippen molar-refractivity contribution in [1.82, 2.24) is 0 Å². The van der Waals surface area contributed by atoms with Crippen molar-refractivity contribution < 1.29 is 0 Å². The molecule has 9 heavy (non-hydrogen) atoms. The van der Waals surface area contributed by atoms with Crippen LogP contribution in [0.15, 0.2) is 0 Å². The topological polar surface area (TPSA) is 26.0 Å². The Labute approximate surface area is 62.4 Å². The van der Waals surface area contributed by atoms with Gasteiger partial charge in [0.05, 0.1) is 0 Å². The molecule has 0 aromatic carbocycles. The van der Waals surface area contributed by atoms with Crippen molar-refractivity contribution in [2.24, 2.45) is 17.1 Å². The van der Waals surface area contributed by atoms with Crippen LogP contribution in [0.1, 0.15) is 25.7 Å². The Bertz CT molecular complexity index is 101. The molecule has 2 fully saturated rings. The zero-order chi connectivity index (χ0) is 5.61. The standard InChI is InChI=1S/C7H13N.ClH/c8-5-6-3-7(4-6)1-2-7;/h6H,1-5,8H2;1H. The lowest BCUT2D eigenvalue weighted by Crippen LogP contribution is -2.30. The first-order chi connectivity index (χ1) is 3.85. The summed E-state index contributed by atoms with van der Waals surface area (Å²) in [5, 5.41) is 0. The first-order valence-electron chi connectivity index (χ1n) is 3.55. The van der Waals surface area contributed by atoms with Crippen molar-refractivity contribution in [1.29, 1.82) is 0 Å². The van der Waals surface area contributed by atoms with Gasteiger partial charge in [-0.2, -0.15) is 0 Å². The fourth-order valence-corrected chi connectivity index (χ4v) is 1.92. The molecule has 2 saturated carbocycles. The van der Waals surface area contributed by atoms with Crippen molar-refractivity contribution in [2.45, 2.75) is 25.7 Å². The molecule has 0 saturated heterocycles. The number of rotatable bonds is 1. The Morgan fingerprint density at radius 2 is 1.89 bits per heavy atom. The van der Waals surface area contributed by atoms with Gasteiger partial charge in [0.2, 0.25) is 0 Å². The number of hydrogen-bond donors (Lipinski definition) is 1. The Hall–Kier alpha value is 0.250. The molecule has 0 aromatic heterocycles. The molecular weight excluding hydrogens is 134 g/mol. The molecule has 0 heterocycles. The van der Waals surface area contributed by atoms with Gasteiger partial charge >= 0.3 is 0 Å². The van der Waals surface area contributed by atoms with Crippen molar-refractivity contribution in [3.63, 3.8) is 0 Å². The van der Waals surface area contributed by atoms with Crippen LogP contribution >= 0.6 is 12.4 Å². The van der Waals surface area contributed by atoms with Crippen LogP contribution in [-0.2, 0) is 0 Å². The molecule has 0 atom stereocenters. The van der Waals surface area contributed by atoms with E-state index in [2.05, 4.69) is 0 Å². The molecule has 2 heteroatoms. The first kappa shape index (κ1) is 7.36. The van der Waals surface area contributed by atoms with Crippen LogP contribution in [0.3, 0.4) is 0 Å². The van der Waals surface area contributed by atoms with Gasteiger partial charge in [-0.05, 0) is 43.6 Å². The van der Waals surface area contributed by atoms with Gasteiger partial charge in [0.15, 0.2) is 0 Å². The minimum Gasteiger partial charge on any atom is -0.330 e. The fraction of sp³-hybridized carbons (Fsp3) is 1.00. The summed E-state index contributed by atoms with van der Waals surface area (Å²) in [5.41, 5.74) is 6.35. The van der Waals surface area contributed by atoms with Crippen LogP contribution < -0.4 is 5.73 Å². The average Bonchev–Trinajstić information content (AvgIpc) is 2.38. The predicted octanol–water partition coefficient (Wildman–Crippen LogP) is 1.56. The van der Waals surface area contributed by atoms with Crippen molar-refractivity contribution in [3.8, 4) is 0 Å². The van der Waals surface area contributed by atoms with Crippen LogP contribution in [0.4, 0.5) is 0 Å². The van der Waals surface area contributed by atoms with Gasteiger partial charge in [0.1, 0.15) is 0 Å². The SMILES string of the molecule is Cl.NCC1CC2(CC2)C1. The molecule has 0 unspecified atom stereocenters. The Kier molecular flexibility index (Phi) is 1.75. The number of halogens is 1. The van der Waals surface area contributed by atoms with Gasteiger partial charge in [-0.25, -0.2) is 0 Å². The van der Waals surface area contributed by atoms with Gasteiger partial charge in [-0.1, -0.05) is 0 Å². The molecule has 0 aromatic rings. The molecule has 54 valence electrons. The van der Waals surface area contributed by atoms with E-state index in [1.54, 1.807) is 0 Å². The third kappa shape index (κ3) is 1.08. The number of hydrogen-bond acceptors (Lipinski definition) is 1. The van der Waals surface area contributed by atoms with E-state index in [9.17, 15) is 0 Å². The average molecular weight is 148 g/mol.